The van der Waals surface area contributed by atoms with Crippen LogP contribution in [0.4, 0.5) is 0 Å². The number of hydrogen-bond acceptors (Lipinski definition) is 3. The molecule has 3 N–H and O–H groups in total. The summed E-state index contributed by atoms with van der Waals surface area (Å²) in [7, 11) is 1.64. The van der Waals surface area contributed by atoms with E-state index < -0.39 is 5.60 Å². The Hall–Kier alpha value is -0.960. The molecule has 0 saturated heterocycles. The lowest BCUT2D eigenvalue weighted by Crippen LogP contribution is -2.36. The van der Waals surface area contributed by atoms with Crippen LogP contribution in [0.2, 0.25) is 0 Å². The summed E-state index contributed by atoms with van der Waals surface area (Å²) in [5, 5.41) is 9.29. The van der Waals surface area contributed by atoms with Gasteiger partial charge in [-0.3, -0.25) is 0 Å². The van der Waals surface area contributed by atoms with E-state index in [1.54, 1.807) is 19.3 Å². The highest BCUT2D eigenvalue weighted by Crippen LogP contribution is 2.30. The summed E-state index contributed by atoms with van der Waals surface area (Å²) in [5.41, 5.74) is 5.55. The van der Waals surface area contributed by atoms with Crippen molar-refractivity contribution < 1.29 is 9.84 Å². The van der Waals surface area contributed by atoms with Gasteiger partial charge in [-0.15, -0.1) is 0 Å². The van der Waals surface area contributed by atoms with E-state index in [1.807, 2.05) is 13.8 Å². The third kappa shape index (κ3) is 1.32. The first kappa shape index (κ1) is 9.13. The quantitative estimate of drug-likeness (QED) is 0.622. The van der Waals surface area contributed by atoms with E-state index in [9.17, 15) is 5.11 Å². The number of ether oxygens (including phenoxy) is 1. The van der Waals surface area contributed by atoms with Gasteiger partial charge in [-0.05, 0) is 19.1 Å². The Kier molecular flexibility index (Phi) is 2.15. The third-order valence-corrected chi connectivity index (χ3v) is 2.49. The molecule has 2 unspecified atom stereocenters. The number of aliphatic hydroxyl groups excluding tert-OH is 1. The minimum atomic E-state index is -0.393. The zero-order chi connectivity index (χ0) is 9.35. The zero-order valence-corrected chi connectivity index (χ0v) is 7.66. The number of rotatable bonds is 1. The van der Waals surface area contributed by atoms with Gasteiger partial charge in [-0.1, -0.05) is 6.92 Å². The number of nitrogens with two attached hydrogens (primary N) is 1. The fraction of sp³-hybridized carbons (Fsp3) is 0.556. The van der Waals surface area contributed by atoms with E-state index >= 15 is 0 Å². The molecule has 0 aromatic rings. The van der Waals surface area contributed by atoms with Crippen LogP contribution >= 0.6 is 0 Å². The van der Waals surface area contributed by atoms with Gasteiger partial charge < -0.3 is 15.6 Å². The summed E-state index contributed by atoms with van der Waals surface area (Å²) in [4.78, 5) is 0. The molecule has 1 aliphatic carbocycles. The Labute approximate surface area is 72.5 Å². The van der Waals surface area contributed by atoms with Crippen LogP contribution < -0.4 is 5.73 Å². The molecule has 0 radical (unpaired) electrons. The van der Waals surface area contributed by atoms with Gasteiger partial charge >= 0.3 is 0 Å². The van der Waals surface area contributed by atoms with E-state index in [0.29, 0.717) is 5.70 Å². The predicted octanol–water partition coefficient (Wildman–Crippen LogP) is 1.33. The lowest BCUT2D eigenvalue weighted by Gasteiger charge is -2.33. The SMILES string of the molecule is COC1(C)C=C(N)C(O)=CC1C. The third-order valence-electron chi connectivity index (χ3n) is 2.49. The molecule has 2 atom stereocenters. The van der Waals surface area contributed by atoms with Crippen LogP contribution in [0, 0.1) is 5.92 Å². The van der Waals surface area contributed by atoms with Crippen molar-refractivity contribution in [1.29, 1.82) is 0 Å². The van der Waals surface area contributed by atoms with E-state index in [2.05, 4.69) is 0 Å². The molecule has 0 aromatic heterocycles. The molecule has 0 aromatic carbocycles. The monoisotopic (exact) mass is 169 g/mol. The van der Waals surface area contributed by atoms with Crippen molar-refractivity contribution in [2.24, 2.45) is 11.7 Å². The van der Waals surface area contributed by atoms with Crippen molar-refractivity contribution in [3.8, 4) is 0 Å². The van der Waals surface area contributed by atoms with Crippen LogP contribution in [0.3, 0.4) is 0 Å². The maximum absolute atomic E-state index is 9.29. The summed E-state index contributed by atoms with van der Waals surface area (Å²) in [6, 6.07) is 0. The first-order valence-electron chi connectivity index (χ1n) is 3.94. The summed E-state index contributed by atoms with van der Waals surface area (Å²) in [6.45, 7) is 3.91. The molecule has 1 rings (SSSR count). The fourth-order valence-electron chi connectivity index (χ4n) is 1.26. The fourth-order valence-corrected chi connectivity index (χ4v) is 1.26. The van der Waals surface area contributed by atoms with Crippen LogP contribution in [-0.4, -0.2) is 17.8 Å². The van der Waals surface area contributed by atoms with Crippen LogP contribution in [0.1, 0.15) is 13.8 Å². The minimum absolute atomic E-state index is 0.134. The molecule has 0 aliphatic heterocycles. The Morgan fingerprint density at radius 1 is 1.67 bits per heavy atom. The Bertz CT molecular complexity index is 245. The van der Waals surface area contributed by atoms with E-state index in [-0.39, 0.29) is 11.7 Å². The van der Waals surface area contributed by atoms with Gasteiger partial charge in [-0.25, -0.2) is 0 Å². The second-order valence-electron chi connectivity index (χ2n) is 3.33. The van der Waals surface area contributed by atoms with Crippen LogP contribution in [0.15, 0.2) is 23.6 Å². The molecule has 0 bridgehead atoms. The summed E-state index contributed by atoms with van der Waals surface area (Å²) < 4.78 is 5.30. The van der Waals surface area contributed by atoms with Gasteiger partial charge in [0, 0.05) is 13.0 Å². The summed E-state index contributed by atoms with van der Waals surface area (Å²) in [6.07, 6.45) is 3.45. The number of hydrogen-bond donors (Lipinski definition) is 2. The highest BCUT2D eigenvalue weighted by Gasteiger charge is 2.31. The summed E-state index contributed by atoms with van der Waals surface area (Å²) >= 11 is 0. The van der Waals surface area contributed by atoms with Crippen LogP contribution in [0.5, 0.6) is 0 Å². The number of aliphatic hydroxyl groups is 1. The van der Waals surface area contributed by atoms with Gasteiger partial charge in [0.05, 0.1) is 11.3 Å². The van der Waals surface area contributed by atoms with Crippen molar-refractivity contribution in [2.75, 3.05) is 7.11 Å². The predicted molar refractivity (Wildman–Crippen MR) is 47.6 cm³/mol. The molecule has 3 heteroatoms. The van der Waals surface area contributed by atoms with E-state index in [1.165, 1.54) is 0 Å². The van der Waals surface area contributed by atoms with Gasteiger partial charge in [-0.2, -0.15) is 0 Å². The lowest BCUT2D eigenvalue weighted by molar-refractivity contribution is 0.0154. The molecule has 0 saturated carbocycles. The van der Waals surface area contributed by atoms with E-state index in [0.717, 1.165) is 0 Å². The van der Waals surface area contributed by atoms with Crippen molar-refractivity contribution in [2.45, 2.75) is 19.4 Å². The van der Waals surface area contributed by atoms with Gasteiger partial charge in [0.15, 0.2) is 0 Å². The van der Waals surface area contributed by atoms with Gasteiger partial charge in [0.2, 0.25) is 0 Å². The molecule has 3 nitrogen and oxygen atoms in total. The highest BCUT2D eigenvalue weighted by molar-refractivity contribution is 5.31. The highest BCUT2D eigenvalue weighted by atomic mass is 16.5. The average Bonchev–Trinajstić information content (AvgIpc) is 2.01. The Morgan fingerprint density at radius 3 is 2.75 bits per heavy atom. The van der Waals surface area contributed by atoms with Crippen molar-refractivity contribution >= 4 is 0 Å². The van der Waals surface area contributed by atoms with Gasteiger partial charge in [0.25, 0.3) is 0 Å². The molecule has 68 valence electrons. The molecule has 1 aliphatic rings. The molecule has 0 heterocycles. The van der Waals surface area contributed by atoms with Crippen LogP contribution in [-0.2, 0) is 4.74 Å². The topological polar surface area (TPSA) is 55.5 Å². The standard InChI is InChI=1S/C9H15NO2/c1-6-4-8(11)7(10)5-9(6,2)12-3/h4-6,11H,10H2,1-3H3. The second-order valence-corrected chi connectivity index (χ2v) is 3.33. The molecule has 12 heavy (non-hydrogen) atoms. The smallest absolute Gasteiger partial charge is 0.134 e. The molecular weight excluding hydrogens is 154 g/mol. The van der Waals surface area contributed by atoms with Gasteiger partial charge in [0.1, 0.15) is 5.76 Å². The largest absolute Gasteiger partial charge is 0.506 e. The molecule has 0 amide bonds. The maximum atomic E-state index is 9.29. The minimum Gasteiger partial charge on any atom is -0.506 e. The zero-order valence-electron chi connectivity index (χ0n) is 7.66. The summed E-state index contributed by atoms with van der Waals surface area (Å²) in [5.74, 6) is 0.284. The number of methoxy groups -OCH3 is 1. The first-order valence-corrected chi connectivity index (χ1v) is 3.94. The second kappa shape index (κ2) is 2.83. The Balaban J connectivity index is 2.99. The van der Waals surface area contributed by atoms with Crippen molar-refractivity contribution in [3.05, 3.63) is 23.6 Å². The van der Waals surface area contributed by atoms with Crippen LogP contribution in [0.25, 0.3) is 0 Å². The van der Waals surface area contributed by atoms with E-state index in [4.69, 9.17) is 10.5 Å². The first-order chi connectivity index (χ1) is 5.49. The maximum Gasteiger partial charge on any atom is 0.134 e. The molecule has 0 spiro atoms. The Morgan fingerprint density at radius 2 is 2.25 bits per heavy atom. The lowest BCUT2D eigenvalue weighted by atomic mass is 9.85. The molecular formula is C9H15NO2. The average molecular weight is 169 g/mol. The van der Waals surface area contributed by atoms with Crippen molar-refractivity contribution in [3.63, 3.8) is 0 Å². The normalized spacial score (nSPS) is 35.8. The molecule has 0 fully saturated rings. The van der Waals surface area contributed by atoms with Crippen molar-refractivity contribution in [1.82, 2.24) is 0 Å².